The van der Waals surface area contributed by atoms with Crippen molar-refractivity contribution in [1.29, 1.82) is 0 Å². The Morgan fingerprint density at radius 2 is 1.95 bits per heavy atom. The van der Waals surface area contributed by atoms with Gasteiger partial charge in [0.05, 0.1) is 18.1 Å². The van der Waals surface area contributed by atoms with Crippen molar-refractivity contribution in [2.24, 2.45) is 0 Å². The molecule has 0 aromatic heterocycles. The van der Waals surface area contributed by atoms with Crippen LogP contribution in [0.3, 0.4) is 0 Å². The zero-order valence-electron chi connectivity index (χ0n) is 11.5. The fourth-order valence-electron chi connectivity index (χ4n) is 2.80. The van der Waals surface area contributed by atoms with E-state index in [2.05, 4.69) is 4.90 Å². The molecule has 2 aliphatic rings. The lowest BCUT2D eigenvalue weighted by molar-refractivity contribution is -0.0579. The Morgan fingerprint density at radius 1 is 1.20 bits per heavy atom. The van der Waals surface area contributed by atoms with Crippen LogP contribution in [0.5, 0.6) is 0 Å². The molecule has 0 bridgehead atoms. The molecular weight excluding hydrogens is 278 g/mol. The van der Waals surface area contributed by atoms with Gasteiger partial charge in [0.1, 0.15) is 5.60 Å². The number of sulfone groups is 1. The van der Waals surface area contributed by atoms with Gasteiger partial charge in [-0.3, -0.25) is 0 Å². The summed E-state index contributed by atoms with van der Waals surface area (Å²) >= 11 is 0. The van der Waals surface area contributed by atoms with Crippen LogP contribution in [0.15, 0.2) is 29.2 Å². The average molecular weight is 297 g/mol. The number of nitrogens with zero attached hydrogens (tertiary/aromatic N) is 1. The number of hydrogen-bond acceptors (Lipinski definition) is 5. The van der Waals surface area contributed by atoms with E-state index in [0.717, 1.165) is 31.8 Å². The van der Waals surface area contributed by atoms with Crippen LogP contribution in [0.2, 0.25) is 0 Å². The van der Waals surface area contributed by atoms with Gasteiger partial charge < -0.3 is 14.4 Å². The van der Waals surface area contributed by atoms with Crippen LogP contribution in [0.4, 0.5) is 5.69 Å². The molecule has 2 fully saturated rings. The molecular formula is C14H19NO4S. The summed E-state index contributed by atoms with van der Waals surface area (Å²) in [4.78, 5) is 2.60. The molecule has 0 aliphatic carbocycles. The average Bonchev–Trinajstić information content (AvgIpc) is 2.86. The molecule has 110 valence electrons. The minimum absolute atomic E-state index is 0.187. The molecule has 2 aliphatic heterocycles. The predicted molar refractivity (Wildman–Crippen MR) is 75.9 cm³/mol. The molecule has 0 saturated carbocycles. The molecule has 2 heterocycles. The van der Waals surface area contributed by atoms with Crippen molar-refractivity contribution in [3.05, 3.63) is 24.3 Å². The summed E-state index contributed by atoms with van der Waals surface area (Å²) in [5.74, 6) is 0. The Kier molecular flexibility index (Phi) is 3.48. The maximum atomic E-state index is 11.5. The maximum Gasteiger partial charge on any atom is 0.175 e. The van der Waals surface area contributed by atoms with Gasteiger partial charge in [-0.1, -0.05) is 0 Å². The van der Waals surface area contributed by atoms with E-state index < -0.39 is 9.84 Å². The molecule has 2 saturated heterocycles. The molecule has 0 radical (unpaired) electrons. The summed E-state index contributed by atoms with van der Waals surface area (Å²) in [6.07, 6.45) is 2.15. The third-order valence-electron chi connectivity index (χ3n) is 3.95. The van der Waals surface area contributed by atoms with Gasteiger partial charge in [-0.15, -0.1) is 0 Å². The van der Waals surface area contributed by atoms with Crippen LogP contribution in [0.1, 0.15) is 6.42 Å². The van der Waals surface area contributed by atoms with Gasteiger partial charge in [0.2, 0.25) is 0 Å². The number of hydrogen-bond donors (Lipinski definition) is 0. The normalized spacial score (nSPS) is 27.1. The lowest BCUT2D eigenvalue weighted by atomic mass is 10.0. The second-order valence-corrected chi connectivity index (χ2v) is 7.54. The third kappa shape index (κ3) is 2.68. The number of rotatable bonds is 2. The van der Waals surface area contributed by atoms with Gasteiger partial charge in [0, 0.05) is 38.1 Å². The summed E-state index contributed by atoms with van der Waals surface area (Å²) in [5, 5.41) is 0. The summed E-state index contributed by atoms with van der Waals surface area (Å²) in [6.45, 7) is 3.69. The smallest absolute Gasteiger partial charge is 0.175 e. The van der Waals surface area contributed by atoms with Gasteiger partial charge in [0.15, 0.2) is 9.84 Å². The van der Waals surface area contributed by atoms with Crippen molar-refractivity contribution >= 4 is 15.5 Å². The van der Waals surface area contributed by atoms with Crippen molar-refractivity contribution in [1.82, 2.24) is 0 Å². The molecule has 3 rings (SSSR count). The number of anilines is 1. The number of benzene rings is 1. The first-order chi connectivity index (χ1) is 9.49. The highest BCUT2D eigenvalue weighted by Crippen LogP contribution is 2.30. The summed E-state index contributed by atoms with van der Waals surface area (Å²) < 4.78 is 34.3. The van der Waals surface area contributed by atoms with Crippen molar-refractivity contribution in [3.8, 4) is 0 Å². The second kappa shape index (κ2) is 5.02. The van der Waals surface area contributed by atoms with E-state index in [4.69, 9.17) is 9.47 Å². The van der Waals surface area contributed by atoms with Crippen LogP contribution in [0.25, 0.3) is 0 Å². The van der Waals surface area contributed by atoms with Gasteiger partial charge in [-0.05, 0) is 24.3 Å². The molecule has 1 aromatic carbocycles. The van der Waals surface area contributed by atoms with E-state index in [9.17, 15) is 8.42 Å². The maximum absolute atomic E-state index is 11.5. The van der Waals surface area contributed by atoms with Crippen molar-refractivity contribution < 1.29 is 17.9 Å². The predicted octanol–water partition coefficient (Wildman–Crippen LogP) is 1.09. The molecule has 0 N–H and O–H groups in total. The van der Waals surface area contributed by atoms with Crippen molar-refractivity contribution in [2.45, 2.75) is 16.9 Å². The monoisotopic (exact) mass is 297 g/mol. The number of ether oxygens (including phenoxy) is 2. The van der Waals surface area contributed by atoms with E-state index in [1.165, 1.54) is 6.26 Å². The fourth-order valence-corrected chi connectivity index (χ4v) is 3.43. The van der Waals surface area contributed by atoms with E-state index >= 15 is 0 Å². The Balaban J connectivity index is 1.79. The highest BCUT2D eigenvalue weighted by molar-refractivity contribution is 7.90. The summed E-state index contributed by atoms with van der Waals surface area (Å²) in [6, 6.07) is 7.06. The van der Waals surface area contributed by atoms with Crippen molar-refractivity contribution in [2.75, 3.05) is 44.1 Å². The molecule has 20 heavy (non-hydrogen) atoms. The molecule has 1 aromatic rings. The first kappa shape index (κ1) is 13.9. The SMILES string of the molecule is CS(=O)(=O)c1ccc(N2CCOC3(CCOC3)C2)cc1. The van der Waals surface area contributed by atoms with Crippen LogP contribution < -0.4 is 4.90 Å². The topological polar surface area (TPSA) is 55.8 Å². The van der Waals surface area contributed by atoms with E-state index in [0.29, 0.717) is 18.1 Å². The van der Waals surface area contributed by atoms with Crippen molar-refractivity contribution in [3.63, 3.8) is 0 Å². The summed E-state index contributed by atoms with van der Waals surface area (Å²) in [7, 11) is -3.14. The highest BCUT2D eigenvalue weighted by Gasteiger charge is 2.40. The Bertz CT molecular complexity index is 576. The van der Waals surface area contributed by atoms with Gasteiger partial charge in [-0.2, -0.15) is 0 Å². The molecule has 1 spiro atoms. The minimum Gasteiger partial charge on any atom is -0.378 e. The third-order valence-corrected chi connectivity index (χ3v) is 5.07. The van der Waals surface area contributed by atoms with Gasteiger partial charge in [-0.25, -0.2) is 8.42 Å². The highest BCUT2D eigenvalue weighted by atomic mass is 32.2. The Morgan fingerprint density at radius 3 is 2.55 bits per heavy atom. The van der Waals surface area contributed by atoms with E-state index in [1.807, 2.05) is 12.1 Å². The zero-order chi connectivity index (χ0) is 14.2. The van der Waals surface area contributed by atoms with Crippen LogP contribution >= 0.6 is 0 Å². The standard InChI is InChI=1S/C14H19NO4S/c1-20(16,17)13-4-2-12(3-5-13)15-7-9-19-14(10-15)6-8-18-11-14/h2-5H,6-11H2,1H3. The zero-order valence-corrected chi connectivity index (χ0v) is 12.4. The van der Waals surface area contributed by atoms with E-state index in [-0.39, 0.29) is 5.60 Å². The lowest BCUT2D eigenvalue weighted by Gasteiger charge is -2.40. The minimum atomic E-state index is -3.14. The fraction of sp³-hybridized carbons (Fsp3) is 0.571. The lowest BCUT2D eigenvalue weighted by Crippen LogP contribution is -2.52. The van der Waals surface area contributed by atoms with E-state index in [1.54, 1.807) is 12.1 Å². The molecule has 5 nitrogen and oxygen atoms in total. The Labute approximate surface area is 119 Å². The number of morpholine rings is 1. The van der Waals surface area contributed by atoms with Crippen LogP contribution in [-0.4, -0.2) is 53.2 Å². The van der Waals surface area contributed by atoms with Crippen LogP contribution in [-0.2, 0) is 19.3 Å². The molecule has 1 atom stereocenters. The Hall–Kier alpha value is -1.11. The first-order valence-electron chi connectivity index (χ1n) is 6.75. The molecule has 6 heteroatoms. The molecule has 0 amide bonds. The van der Waals surface area contributed by atoms with Gasteiger partial charge >= 0.3 is 0 Å². The second-order valence-electron chi connectivity index (χ2n) is 5.52. The summed E-state index contributed by atoms with van der Waals surface area (Å²) in [5.41, 5.74) is 0.847. The first-order valence-corrected chi connectivity index (χ1v) is 8.65. The largest absolute Gasteiger partial charge is 0.378 e. The quantitative estimate of drug-likeness (QED) is 0.818. The van der Waals surface area contributed by atoms with Crippen LogP contribution in [0, 0.1) is 0 Å². The van der Waals surface area contributed by atoms with Gasteiger partial charge in [0.25, 0.3) is 0 Å². The molecule has 1 unspecified atom stereocenters.